The summed E-state index contributed by atoms with van der Waals surface area (Å²) in [6.45, 7) is 6.61. The van der Waals surface area contributed by atoms with Gasteiger partial charge in [0.05, 0.1) is 6.54 Å². The monoisotopic (exact) mass is 330 g/mol. The van der Waals surface area contributed by atoms with Crippen molar-refractivity contribution in [3.63, 3.8) is 0 Å². The molecular weight excluding hydrogens is 304 g/mol. The number of amides is 1. The molecule has 0 radical (unpaired) electrons. The highest BCUT2D eigenvalue weighted by molar-refractivity contribution is 5.94. The van der Waals surface area contributed by atoms with E-state index < -0.39 is 5.60 Å². The van der Waals surface area contributed by atoms with Gasteiger partial charge in [0, 0.05) is 24.8 Å². The lowest BCUT2D eigenvalue weighted by atomic mass is 10.0. The number of carbonyl (C=O) groups is 1. The molecule has 0 saturated heterocycles. The minimum atomic E-state index is -1.24. The number of aliphatic hydroxyl groups is 1. The number of hydrogen-bond acceptors (Lipinski definition) is 4. The van der Waals surface area contributed by atoms with E-state index in [1.54, 1.807) is 31.2 Å². The molecule has 1 aromatic carbocycles. The topological polar surface area (TPSA) is 65.7 Å². The Morgan fingerprint density at radius 3 is 2.46 bits per heavy atom. The molecule has 1 atom stereocenters. The van der Waals surface area contributed by atoms with Crippen LogP contribution in [0.3, 0.4) is 0 Å². The molecule has 5 heteroatoms. The normalized spacial score (nSPS) is 13.4. The largest absolute Gasteiger partial charge is 0.463 e. The number of aryl methyl sites for hydroxylation is 1. The molecule has 1 amide bonds. The van der Waals surface area contributed by atoms with Crippen molar-refractivity contribution in [3.8, 4) is 0 Å². The quantitative estimate of drug-likeness (QED) is 0.819. The Hall–Kier alpha value is -2.27. The fourth-order valence-electron chi connectivity index (χ4n) is 2.50. The van der Waals surface area contributed by atoms with Gasteiger partial charge in [-0.2, -0.15) is 0 Å². The van der Waals surface area contributed by atoms with Crippen molar-refractivity contribution >= 4 is 11.6 Å². The van der Waals surface area contributed by atoms with Crippen molar-refractivity contribution in [2.45, 2.75) is 32.8 Å². The Morgan fingerprint density at radius 2 is 1.92 bits per heavy atom. The Kier molecular flexibility index (Phi) is 5.67. The van der Waals surface area contributed by atoms with E-state index in [0.29, 0.717) is 11.3 Å². The summed E-state index contributed by atoms with van der Waals surface area (Å²) in [6, 6.07) is 11.0. The van der Waals surface area contributed by atoms with Crippen LogP contribution in [-0.4, -0.2) is 31.2 Å². The Labute approximate surface area is 143 Å². The molecular formula is C19H26N2O3. The fraction of sp³-hybridized carbons (Fsp3) is 0.421. The maximum atomic E-state index is 12.3. The van der Waals surface area contributed by atoms with Crippen LogP contribution in [0.1, 0.15) is 42.1 Å². The molecule has 2 aromatic rings. The van der Waals surface area contributed by atoms with Crippen LogP contribution < -0.4 is 10.2 Å². The van der Waals surface area contributed by atoms with Crippen molar-refractivity contribution in [1.82, 2.24) is 5.32 Å². The number of hydrogen-bond donors (Lipinski definition) is 2. The van der Waals surface area contributed by atoms with Crippen LogP contribution in [-0.2, 0) is 5.60 Å². The summed E-state index contributed by atoms with van der Waals surface area (Å²) in [5.74, 6) is 0.948. The molecule has 1 aromatic heterocycles. The molecule has 24 heavy (non-hydrogen) atoms. The second-order valence-electron chi connectivity index (χ2n) is 6.34. The lowest BCUT2D eigenvalue weighted by molar-refractivity contribution is 0.0323. The highest BCUT2D eigenvalue weighted by Gasteiger charge is 2.27. The predicted molar refractivity (Wildman–Crippen MR) is 95.4 cm³/mol. The zero-order valence-corrected chi connectivity index (χ0v) is 14.8. The molecule has 0 spiro atoms. The molecule has 1 heterocycles. The third kappa shape index (κ3) is 4.38. The van der Waals surface area contributed by atoms with Crippen LogP contribution in [0.15, 0.2) is 40.8 Å². The van der Waals surface area contributed by atoms with E-state index in [-0.39, 0.29) is 12.5 Å². The molecule has 0 aliphatic rings. The molecule has 1 unspecified atom stereocenters. The number of rotatable bonds is 7. The average Bonchev–Trinajstić information content (AvgIpc) is 3.00. The molecule has 0 bridgehead atoms. The van der Waals surface area contributed by atoms with Crippen LogP contribution in [0.4, 0.5) is 5.69 Å². The van der Waals surface area contributed by atoms with Gasteiger partial charge in [-0.05, 0) is 56.7 Å². The van der Waals surface area contributed by atoms with Gasteiger partial charge in [-0.15, -0.1) is 0 Å². The number of nitrogens with one attached hydrogen (secondary N) is 1. The van der Waals surface area contributed by atoms with Gasteiger partial charge in [-0.1, -0.05) is 6.92 Å². The van der Waals surface area contributed by atoms with Crippen LogP contribution in [0.25, 0.3) is 0 Å². The highest BCUT2D eigenvalue weighted by atomic mass is 16.4. The molecule has 0 aliphatic carbocycles. The average molecular weight is 330 g/mol. The van der Waals surface area contributed by atoms with Gasteiger partial charge < -0.3 is 19.7 Å². The smallest absolute Gasteiger partial charge is 0.251 e. The second-order valence-corrected chi connectivity index (χ2v) is 6.34. The third-order valence-corrected chi connectivity index (χ3v) is 3.99. The highest BCUT2D eigenvalue weighted by Crippen LogP contribution is 2.22. The van der Waals surface area contributed by atoms with Gasteiger partial charge >= 0.3 is 0 Å². The second kappa shape index (κ2) is 7.53. The van der Waals surface area contributed by atoms with Crippen molar-refractivity contribution < 1.29 is 14.3 Å². The standard InChI is InChI=1S/C19H26N2O3/c1-5-12-21(4)16-9-7-15(8-10-16)18(22)20-13-19(3,23)17-11-6-14(2)24-17/h6-11,23H,5,12-13H2,1-4H3,(H,20,22). The van der Waals surface area contributed by atoms with E-state index in [4.69, 9.17) is 4.42 Å². The summed E-state index contributed by atoms with van der Waals surface area (Å²) in [7, 11) is 2.03. The molecule has 2 N–H and O–H groups in total. The van der Waals surface area contributed by atoms with E-state index in [9.17, 15) is 9.90 Å². The summed E-state index contributed by atoms with van der Waals surface area (Å²) in [4.78, 5) is 14.4. The predicted octanol–water partition coefficient (Wildman–Crippen LogP) is 3.07. The first kappa shape index (κ1) is 18.1. The van der Waals surface area contributed by atoms with Crippen LogP contribution in [0.5, 0.6) is 0 Å². The summed E-state index contributed by atoms with van der Waals surface area (Å²) in [5, 5.41) is 13.2. The Bertz CT molecular complexity index is 674. The number of anilines is 1. The minimum Gasteiger partial charge on any atom is -0.463 e. The zero-order chi connectivity index (χ0) is 17.7. The number of furan rings is 1. The van der Waals surface area contributed by atoms with Crippen molar-refractivity contribution in [3.05, 3.63) is 53.5 Å². The fourth-order valence-corrected chi connectivity index (χ4v) is 2.50. The summed E-state index contributed by atoms with van der Waals surface area (Å²) in [6.07, 6.45) is 1.07. The van der Waals surface area contributed by atoms with E-state index in [1.165, 1.54) is 0 Å². The lowest BCUT2D eigenvalue weighted by Gasteiger charge is -2.21. The van der Waals surface area contributed by atoms with Crippen molar-refractivity contribution in [1.29, 1.82) is 0 Å². The van der Waals surface area contributed by atoms with Gasteiger partial charge in [0.25, 0.3) is 5.91 Å². The maximum absolute atomic E-state index is 12.3. The molecule has 5 nitrogen and oxygen atoms in total. The minimum absolute atomic E-state index is 0.0796. The van der Waals surface area contributed by atoms with Gasteiger partial charge in [-0.3, -0.25) is 4.79 Å². The van der Waals surface area contributed by atoms with E-state index in [2.05, 4.69) is 17.1 Å². The van der Waals surface area contributed by atoms with Crippen LogP contribution in [0.2, 0.25) is 0 Å². The number of nitrogens with zero attached hydrogens (tertiary/aromatic N) is 1. The zero-order valence-electron chi connectivity index (χ0n) is 14.8. The lowest BCUT2D eigenvalue weighted by Crippen LogP contribution is -2.38. The van der Waals surface area contributed by atoms with Crippen molar-refractivity contribution in [2.75, 3.05) is 25.0 Å². The van der Waals surface area contributed by atoms with E-state index in [0.717, 1.165) is 24.4 Å². The first-order valence-electron chi connectivity index (χ1n) is 8.22. The van der Waals surface area contributed by atoms with Crippen LogP contribution >= 0.6 is 0 Å². The van der Waals surface area contributed by atoms with Gasteiger partial charge in [0.2, 0.25) is 0 Å². The number of carbonyl (C=O) groups excluding carboxylic acids is 1. The summed E-state index contributed by atoms with van der Waals surface area (Å²) >= 11 is 0. The number of benzene rings is 1. The van der Waals surface area contributed by atoms with Crippen LogP contribution in [0, 0.1) is 6.92 Å². The Morgan fingerprint density at radius 1 is 1.25 bits per heavy atom. The van der Waals surface area contributed by atoms with Gasteiger partial charge in [0.15, 0.2) is 0 Å². The van der Waals surface area contributed by atoms with Crippen molar-refractivity contribution in [2.24, 2.45) is 0 Å². The molecule has 0 saturated carbocycles. The molecule has 0 fully saturated rings. The first-order chi connectivity index (χ1) is 11.3. The van der Waals surface area contributed by atoms with E-state index >= 15 is 0 Å². The SMILES string of the molecule is CCCN(C)c1ccc(C(=O)NCC(C)(O)c2ccc(C)o2)cc1. The van der Waals surface area contributed by atoms with Gasteiger partial charge in [0.1, 0.15) is 17.1 Å². The maximum Gasteiger partial charge on any atom is 0.251 e. The first-order valence-corrected chi connectivity index (χ1v) is 8.22. The molecule has 0 aliphatic heterocycles. The third-order valence-electron chi connectivity index (χ3n) is 3.99. The summed E-state index contributed by atoms with van der Waals surface area (Å²) < 4.78 is 5.44. The molecule has 2 rings (SSSR count). The summed E-state index contributed by atoms with van der Waals surface area (Å²) in [5.41, 5.74) is 0.395. The molecule has 130 valence electrons. The van der Waals surface area contributed by atoms with E-state index in [1.807, 2.05) is 26.1 Å². The Balaban J connectivity index is 1.97. The van der Waals surface area contributed by atoms with Gasteiger partial charge in [-0.25, -0.2) is 0 Å².